The quantitative estimate of drug-likeness (QED) is 0.783. The Morgan fingerprint density at radius 2 is 2.00 bits per heavy atom. The third kappa shape index (κ3) is 3.12. The van der Waals surface area contributed by atoms with Gasteiger partial charge in [-0.25, -0.2) is 0 Å². The maximum Gasteiger partial charge on any atom is 0.255 e. The van der Waals surface area contributed by atoms with Gasteiger partial charge in [-0.2, -0.15) is 0 Å². The van der Waals surface area contributed by atoms with Gasteiger partial charge in [-0.05, 0) is 68.5 Å². The third-order valence-electron chi connectivity index (χ3n) is 7.08. The molecule has 2 saturated heterocycles. The van der Waals surface area contributed by atoms with Crippen LogP contribution < -0.4 is 10.1 Å². The lowest BCUT2D eigenvalue weighted by Crippen LogP contribution is -2.52. The van der Waals surface area contributed by atoms with Crippen molar-refractivity contribution in [3.05, 3.63) is 29.3 Å². The maximum absolute atomic E-state index is 12.8. The number of amides is 3. The minimum absolute atomic E-state index is 0.144. The van der Waals surface area contributed by atoms with Crippen molar-refractivity contribution in [1.29, 1.82) is 0 Å². The number of hydrogen-bond acceptors (Lipinski definition) is 5. The fourth-order valence-corrected chi connectivity index (χ4v) is 5.65. The van der Waals surface area contributed by atoms with Crippen LogP contribution in [0.4, 0.5) is 0 Å². The number of imide groups is 1. The molecule has 29 heavy (non-hydrogen) atoms. The molecule has 1 aromatic rings. The summed E-state index contributed by atoms with van der Waals surface area (Å²) in [5.41, 5.74) is 1.52. The Balaban J connectivity index is 1.31. The lowest BCUT2D eigenvalue weighted by Gasteiger charge is -2.29. The highest BCUT2D eigenvalue weighted by molar-refractivity contribution is 6.05. The van der Waals surface area contributed by atoms with Gasteiger partial charge in [-0.15, -0.1) is 0 Å². The zero-order chi connectivity index (χ0) is 20.1. The van der Waals surface area contributed by atoms with E-state index in [-0.39, 0.29) is 30.2 Å². The normalized spacial score (nSPS) is 31.8. The first-order valence-corrected chi connectivity index (χ1v) is 10.7. The van der Waals surface area contributed by atoms with Crippen molar-refractivity contribution in [3.8, 4) is 5.75 Å². The zero-order valence-electron chi connectivity index (χ0n) is 16.7. The average molecular weight is 397 g/mol. The van der Waals surface area contributed by atoms with Gasteiger partial charge in [0.1, 0.15) is 17.9 Å². The Hall–Kier alpha value is -2.41. The van der Waals surface area contributed by atoms with Gasteiger partial charge in [0.15, 0.2) is 0 Å². The van der Waals surface area contributed by atoms with Gasteiger partial charge in [0.2, 0.25) is 11.8 Å². The molecule has 5 rings (SSSR count). The van der Waals surface area contributed by atoms with Crippen molar-refractivity contribution in [2.24, 2.45) is 5.92 Å². The van der Waals surface area contributed by atoms with Crippen molar-refractivity contribution in [3.63, 3.8) is 0 Å². The fourth-order valence-electron chi connectivity index (χ4n) is 5.65. The number of hydrogen-bond donors (Lipinski definition) is 1. The Labute approximate surface area is 170 Å². The van der Waals surface area contributed by atoms with Gasteiger partial charge < -0.3 is 9.64 Å². The van der Waals surface area contributed by atoms with E-state index >= 15 is 0 Å². The first kappa shape index (κ1) is 18.6. The molecule has 1 N–H and O–H groups in total. The Kier molecular flexibility index (Phi) is 4.57. The summed E-state index contributed by atoms with van der Waals surface area (Å²) in [5, 5.41) is 2.34. The van der Waals surface area contributed by atoms with E-state index < -0.39 is 6.04 Å². The summed E-state index contributed by atoms with van der Waals surface area (Å²) in [5.74, 6) is 0.745. The van der Waals surface area contributed by atoms with E-state index in [9.17, 15) is 14.4 Å². The van der Waals surface area contributed by atoms with E-state index in [1.165, 1.54) is 12.8 Å². The van der Waals surface area contributed by atoms with E-state index in [1.54, 1.807) is 4.90 Å². The van der Waals surface area contributed by atoms with Gasteiger partial charge in [0.05, 0.1) is 0 Å². The lowest BCUT2D eigenvalue weighted by atomic mass is 10.0. The number of carbonyl (C=O) groups excluding carboxylic acids is 3. The number of fused-ring (bicyclic) bond motifs is 2. The molecule has 0 bridgehead atoms. The van der Waals surface area contributed by atoms with E-state index in [0.717, 1.165) is 36.7 Å². The maximum atomic E-state index is 12.8. The molecular formula is C22H27N3O4. The number of nitrogens with one attached hydrogen (secondary N) is 1. The van der Waals surface area contributed by atoms with Crippen LogP contribution in [0.2, 0.25) is 0 Å². The minimum atomic E-state index is -0.579. The van der Waals surface area contributed by atoms with Gasteiger partial charge in [0, 0.05) is 24.6 Å². The van der Waals surface area contributed by atoms with Gasteiger partial charge in [-0.1, -0.05) is 6.92 Å². The first-order chi connectivity index (χ1) is 14.0. The second kappa shape index (κ2) is 7.13. The number of ether oxygens (including phenoxy) is 1. The number of likely N-dealkylation sites (tertiary alicyclic amines) is 1. The average Bonchev–Trinajstić information content (AvgIpc) is 3.37. The molecular weight excluding hydrogens is 370 g/mol. The molecule has 4 atom stereocenters. The number of nitrogens with zero attached hydrogens (tertiary/aromatic N) is 2. The molecule has 3 amide bonds. The van der Waals surface area contributed by atoms with Crippen LogP contribution in [0, 0.1) is 5.92 Å². The molecule has 3 heterocycles. The van der Waals surface area contributed by atoms with E-state index in [4.69, 9.17) is 4.74 Å². The Morgan fingerprint density at radius 3 is 2.79 bits per heavy atom. The topological polar surface area (TPSA) is 79.0 Å². The van der Waals surface area contributed by atoms with E-state index in [2.05, 4.69) is 17.1 Å². The van der Waals surface area contributed by atoms with Crippen LogP contribution in [-0.4, -0.2) is 58.8 Å². The summed E-state index contributed by atoms with van der Waals surface area (Å²) in [6.45, 7) is 4.81. The van der Waals surface area contributed by atoms with Gasteiger partial charge in [0.25, 0.3) is 5.91 Å². The summed E-state index contributed by atoms with van der Waals surface area (Å²) < 4.78 is 6.40. The number of likely N-dealkylation sites (N-methyl/N-ethyl adjacent to an activating group) is 1. The molecule has 3 aliphatic heterocycles. The van der Waals surface area contributed by atoms with Crippen LogP contribution >= 0.6 is 0 Å². The van der Waals surface area contributed by atoms with Crippen LogP contribution in [0.15, 0.2) is 18.2 Å². The highest BCUT2D eigenvalue weighted by Gasteiger charge is 2.45. The predicted molar refractivity (Wildman–Crippen MR) is 105 cm³/mol. The van der Waals surface area contributed by atoms with Gasteiger partial charge >= 0.3 is 0 Å². The molecule has 2 unspecified atom stereocenters. The second-order valence-corrected chi connectivity index (χ2v) is 8.62. The minimum Gasteiger partial charge on any atom is -0.489 e. The molecule has 0 radical (unpaired) electrons. The summed E-state index contributed by atoms with van der Waals surface area (Å²) in [6.07, 6.45) is 4.40. The van der Waals surface area contributed by atoms with Crippen LogP contribution in [0.1, 0.15) is 54.9 Å². The fraction of sp³-hybridized carbons (Fsp3) is 0.591. The summed E-state index contributed by atoms with van der Waals surface area (Å²) >= 11 is 0. The van der Waals surface area contributed by atoms with E-state index in [1.807, 2.05) is 18.2 Å². The molecule has 154 valence electrons. The Morgan fingerprint density at radius 1 is 1.14 bits per heavy atom. The first-order valence-electron chi connectivity index (χ1n) is 10.7. The highest BCUT2D eigenvalue weighted by atomic mass is 16.5. The van der Waals surface area contributed by atoms with Crippen LogP contribution in [-0.2, 0) is 16.1 Å². The van der Waals surface area contributed by atoms with Crippen molar-refractivity contribution in [2.75, 3.05) is 13.1 Å². The van der Waals surface area contributed by atoms with Crippen molar-refractivity contribution < 1.29 is 19.1 Å². The van der Waals surface area contributed by atoms with Crippen LogP contribution in [0.3, 0.4) is 0 Å². The van der Waals surface area contributed by atoms with Gasteiger partial charge in [-0.3, -0.25) is 24.6 Å². The van der Waals surface area contributed by atoms with E-state index in [0.29, 0.717) is 24.6 Å². The lowest BCUT2D eigenvalue weighted by molar-refractivity contribution is -0.136. The molecule has 4 aliphatic rings. The number of carbonyl (C=O) groups is 3. The largest absolute Gasteiger partial charge is 0.489 e. The molecule has 1 saturated carbocycles. The summed E-state index contributed by atoms with van der Waals surface area (Å²) in [6, 6.07) is 5.57. The molecule has 7 nitrogen and oxygen atoms in total. The number of benzene rings is 1. The molecule has 0 spiro atoms. The monoisotopic (exact) mass is 397 g/mol. The molecule has 1 aliphatic carbocycles. The van der Waals surface area contributed by atoms with Crippen molar-refractivity contribution in [1.82, 2.24) is 15.1 Å². The van der Waals surface area contributed by atoms with Crippen LogP contribution in [0.5, 0.6) is 5.75 Å². The highest BCUT2D eigenvalue weighted by Crippen LogP contribution is 2.40. The molecule has 3 fully saturated rings. The second-order valence-electron chi connectivity index (χ2n) is 8.62. The SMILES string of the molecule is CCN1CC[C@H]2CCC(Oc3ccc4c(c3)CN(C3CCC(=O)NC3=O)C4=O)[C@H]21. The predicted octanol–water partition coefficient (Wildman–Crippen LogP) is 1.70. The standard InChI is InChI=1S/C22H27N3O4/c1-2-24-10-9-13-3-7-18(20(13)24)29-15-4-5-16-14(11-15)12-25(22(16)28)17-6-8-19(26)23-21(17)27/h4-5,11,13,17-18,20H,2-3,6-10,12H2,1H3,(H,23,26,27)/t13-,17?,18?,20+/m1/s1. The Bertz CT molecular complexity index is 870. The third-order valence-corrected chi connectivity index (χ3v) is 7.08. The van der Waals surface area contributed by atoms with Crippen LogP contribution in [0.25, 0.3) is 0 Å². The molecule has 0 aromatic heterocycles. The number of rotatable bonds is 4. The summed E-state index contributed by atoms with van der Waals surface area (Å²) in [4.78, 5) is 40.5. The zero-order valence-corrected chi connectivity index (χ0v) is 16.7. The van der Waals surface area contributed by atoms with Crippen molar-refractivity contribution >= 4 is 17.7 Å². The summed E-state index contributed by atoms with van der Waals surface area (Å²) in [7, 11) is 0. The number of piperidine rings is 1. The van der Waals surface area contributed by atoms with Crippen molar-refractivity contribution in [2.45, 2.75) is 63.8 Å². The molecule has 7 heteroatoms. The smallest absolute Gasteiger partial charge is 0.255 e. The molecule has 1 aromatic carbocycles.